The van der Waals surface area contributed by atoms with Crippen molar-refractivity contribution in [3.63, 3.8) is 0 Å². The SMILES string of the molecule is O.Oc1cc2c(Nc3ccccc3O)ncnc2cn1.[V].[V].[Y]. The first-order valence-corrected chi connectivity index (χ1v) is 5.59. The van der Waals surface area contributed by atoms with E-state index in [0.717, 1.165) is 0 Å². The van der Waals surface area contributed by atoms with E-state index in [1.807, 2.05) is 0 Å². The summed E-state index contributed by atoms with van der Waals surface area (Å²) in [6.07, 6.45) is 2.85. The Hall–Kier alpha value is -0.657. The molecule has 2 heterocycles. The summed E-state index contributed by atoms with van der Waals surface area (Å²) < 4.78 is 0. The van der Waals surface area contributed by atoms with Crippen molar-refractivity contribution in [2.24, 2.45) is 0 Å². The zero-order chi connectivity index (χ0) is 13.2. The molecule has 0 unspecified atom stereocenters. The Balaban J connectivity index is 0. The summed E-state index contributed by atoms with van der Waals surface area (Å²) in [5, 5.41) is 22.8. The van der Waals surface area contributed by atoms with Crippen molar-refractivity contribution in [1.82, 2.24) is 15.0 Å². The summed E-state index contributed by atoms with van der Waals surface area (Å²) in [5.74, 6) is 0.499. The van der Waals surface area contributed by atoms with E-state index in [0.29, 0.717) is 22.4 Å². The summed E-state index contributed by atoms with van der Waals surface area (Å²) in [4.78, 5) is 11.9. The Kier molecular flexibility index (Phi) is 11.8. The summed E-state index contributed by atoms with van der Waals surface area (Å²) in [7, 11) is 0. The fraction of sp³-hybridized carbons (Fsp3) is 0. The summed E-state index contributed by atoms with van der Waals surface area (Å²) in [6.45, 7) is 0. The van der Waals surface area contributed by atoms with E-state index >= 15 is 0 Å². The number of para-hydroxylation sites is 2. The Morgan fingerprint density at radius 3 is 2.35 bits per heavy atom. The molecule has 23 heavy (non-hydrogen) atoms. The molecule has 1 aromatic carbocycles. The molecule has 10 heteroatoms. The van der Waals surface area contributed by atoms with Crippen LogP contribution in [0.5, 0.6) is 11.6 Å². The minimum absolute atomic E-state index is 0. The number of benzene rings is 1. The van der Waals surface area contributed by atoms with Crippen LogP contribution in [-0.4, -0.2) is 30.6 Å². The molecule has 0 aliphatic carbocycles. The van der Waals surface area contributed by atoms with Gasteiger partial charge in [0.2, 0.25) is 5.88 Å². The summed E-state index contributed by atoms with van der Waals surface area (Å²) in [6, 6.07) is 8.30. The van der Waals surface area contributed by atoms with E-state index < -0.39 is 0 Å². The van der Waals surface area contributed by atoms with Crippen LogP contribution in [0.2, 0.25) is 0 Å². The number of rotatable bonds is 2. The van der Waals surface area contributed by atoms with Crippen LogP contribution in [0.25, 0.3) is 10.9 Å². The van der Waals surface area contributed by atoms with Crippen LogP contribution in [0.1, 0.15) is 0 Å². The van der Waals surface area contributed by atoms with E-state index in [4.69, 9.17) is 0 Å². The Morgan fingerprint density at radius 2 is 1.65 bits per heavy atom. The Bertz CT molecular complexity index is 764. The maximum atomic E-state index is 9.73. The van der Waals surface area contributed by atoms with E-state index in [1.54, 1.807) is 24.3 Å². The number of nitrogens with one attached hydrogen (secondary N) is 1. The van der Waals surface area contributed by atoms with Crippen LogP contribution in [0.4, 0.5) is 11.5 Å². The standard InChI is InChI=1S/C13H10N4O2.H2O.2V.Y/c18-11-4-2-1-3-9(11)17-13-8-5-12(19)14-6-10(8)15-7-16-13;;;;/h1-7,18H,(H,14,19)(H,15,16,17);1H2;;;. The van der Waals surface area contributed by atoms with Gasteiger partial charge in [-0.2, -0.15) is 0 Å². The van der Waals surface area contributed by atoms with Crippen molar-refractivity contribution in [3.05, 3.63) is 42.9 Å². The van der Waals surface area contributed by atoms with Gasteiger partial charge >= 0.3 is 0 Å². The van der Waals surface area contributed by atoms with Crippen LogP contribution in [-0.2, 0) is 69.8 Å². The molecule has 3 aromatic rings. The molecule has 0 aliphatic heterocycles. The minimum atomic E-state index is -0.109. The van der Waals surface area contributed by atoms with Crippen molar-refractivity contribution < 1.29 is 85.5 Å². The zero-order valence-electron chi connectivity index (χ0n) is 11.7. The molecule has 0 aliphatic rings. The molecule has 7 nitrogen and oxygen atoms in total. The van der Waals surface area contributed by atoms with Gasteiger partial charge in [-0.05, 0) is 12.1 Å². The maximum absolute atomic E-state index is 9.73. The molecule has 0 saturated carbocycles. The van der Waals surface area contributed by atoms with Gasteiger partial charge in [-0.1, -0.05) is 12.1 Å². The van der Waals surface area contributed by atoms with Crippen LogP contribution in [0, 0.1) is 0 Å². The molecule has 5 N–H and O–H groups in total. The maximum Gasteiger partial charge on any atom is 0.211 e. The number of phenols is 1. The molecular weight excluding hydrogens is 451 g/mol. The van der Waals surface area contributed by atoms with Gasteiger partial charge in [0, 0.05) is 81.3 Å². The number of nitrogens with zero attached hydrogens (tertiary/aromatic N) is 3. The van der Waals surface area contributed by atoms with Crippen molar-refractivity contribution >= 4 is 22.4 Å². The second kappa shape index (κ2) is 11.0. The second-order valence-electron chi connectivity index (χ2n) is 3.92. The quantitative estimate of drug-likeness (QED) is 0.494. The number of hydrogen-bond donors (Lipinski definition) is 3. The second-order valence-corrected chi connectivity index (χ2v) is 3.92. The number of pyridine rings is 1. The fourth-order valence-electron chi connectivity index (χ4n) is 1.75. The molecule has 2 aromatic heterocycles. The third kappa shape index (κ3) is 5.73. The molecule has 115 valence electrons. The van der Waals surface area contributed by atoms with Gasteiger partial charge in [0.15, 0.2) is 0 Å². The first kappa shape index (κ1) is 24.6. The fourth-order valence-corrected chi connectivity index (χ4v) is 1.75. The first-order valence-electron chi connectivity index (χ1n) is 5.59. The molecule has 0 saturated heterocycles. The third-order valence-corrected chi connectivity index (χ3v) is 2.66. The van der Waals surface area contributed by atoms with Crippen LogP contribution < -0.4 is 5.32 Å². The molecule has 0 spiro atoms. The van der Waals surface area contributed by atoms with Gasteiger partial charge in [-0.25, -0.2) is 15.0 Å². The van der Waals surface area contributed by atoms with Crippen LogP contribution in [0.3, 0.4) is 0 Å². The van der Waals surface area contributed by atoms with Crippen LogP contribution in [0.15, 0.2) is 42.9 Å². The predicted octanol–water partition coefficient (Wildman–Crippen LogP) is 1.35. The largest absolute Gasteiger partial charge is 0.506 e. The number of hydrogen-bond acceptors (Lipinski definition) is 6. The van der Waals surface area contributed by atoms with Gasteiger partial charge in [-0.15, -0.1) is 0 Å². The smallest absolute Gasteiger partial charge is 0.211 e. The Morgan fingerprint density at radius 1 is 0.957 bits per heavy atom. The van der Waals surface area contributed by atoms with Crippen molar-refractivity contribution in [1.29, 1.82) is 0 Å². The van der Waals surface area contributed by atoms with E-state index in [9.17, 15) is 10.2 Å². The van der Waals surface area contributed by atoms with Gasteiger partial charge in [-0.3, -0.25) is 0 Å². The van der Waals surface area contributed by atoms with Crippen molar-refractivity contribution in [2.75, 3.05) is 5.32 Å². The molecule has 0 bridgehead atoms. The zero-order valence-corrected chi connectivity index (χ0v) is 17.4. The average Bonchev–Trinajstić information content (AvgIpc) is 2.42. The molecule has 3 rings (SSSR count). The van der Waals surface area contributed by atoms with E-state index in [-0.39, 0.29) is 86.9 Å². The summed E-state index contributed by atoms with van der Waals surface area (Å²) >= 11 is 0. The Labute approximate surface area is 181 Å². The van der Waals surface area contributed by atoms with E-state index in [2.05, 4.69) is 20.3 Å². The van der Waals surface area contributed by atoms with Gasteiger partial charge in [0.05, 0.1) is 17.4 Å². The summed E-state index contributed by atoms with van der Waals surface area (Å²) in [5.41, 5.74) is 1.13. The third-order valence-electron chi connectivity index (χ3n) is 2.66. The van der Waals surface area contributed by atoms with E-state index in [1.165, 1.54) is 18.6 Å². The average molecular weight is 463 g/mol. The number of aromatic hydroxyl groups is 2. The van der Waals surface area contributed by atoms with Crippen molar-refractivity contribution in [2.45, 2.75) is 0 Å². The first-order chi connectivity index (χ1) is 9.24. The van der Waals surface area contributed by atoms with Gasteiger partial charge in [0.25, 0.3) is 0 Å². The van der Waals surface area contributed by atoms with Crippen molar-refractivity contribution in [3.8, 4) is 11.6 Å². The minimum Gasteiger partial charge on any atom is -0.506 e. The van der Waals surface area contributed by atoms with Gasteiger partial charge < -0.3 is 21.0 Å². The molecular formula is C13H12N4O3V2Y. The molecule has 0 fully saturated rings. The molecule has 3 radical (unpaired) electrons. The predicted molar refractivity (Wildman–Crippen MR) is 74.0 cm³/mol. The molecule has 0 atom stereocenters. The van der Waals surface area contributed by atoms with Gasteiger partial charge in [0.1, 0.15) is 17.9 Å². The topological polar surface area (TPSA) is 123 Å². The number of aromatic nitrogens is 3. The number of phenolic OH excluding ortho intramolecular Hbond substituents is 1. The normalized spacial score (nSPS) is 8.70. The number of anilines is 2. The monoisotopic (exact) mass is 463 g/mol. The molecule has 0 amide bonds. The van der Waals surface area contributed by atoms with Crippen LogP contribution >= 0.6 is 0 Å². The number of fused-ring (bicyclic) bond motifs is 1.